The summed E-state index contributed by atoms with van der Waals surface area (Å²) < 4.78 is 12.3. The molecule has 164 valence electrons. The number of halogens is 1. The van der Waals surface area contributed by atoms with Crippen LogP contribution in [0.2, 0.25) is 0 Å². The summed E-state index contributed by atoms with van der Waals surface area (Å²) in [6.45, 7) is 7.26. The zero-order chi connectivity index (χ0) is 21.8. The van der Waals surface area contributed by atoms with Crippen LogP contribution in [0.3, 0.4) is 0 Å². The minimum atomic E-state index is -0.197. The van der Waals surface area contributed by atoms with Crippen molar-refractivity contribution < 1.29 is 14.3 Å². The van der Waals surface area contributed by atoms with Gasteiger partial charge in [-0.15, -0.1) is 0 Å². The smallest absolute Gasteiger partial charge is 0.262 e. The Bertz CT molecular complexity index is 776. The van der Waals surface area contributed by atoms with Gasteiger partial charge in [-0.25, -0.2) is 0 Å². The van der Waals surface area contributed by atoms with Gasteiger partial charge >= 0.3 is 0 Å². The van der Waals surface area contributed by atoms with Crippen LogP contribution in [0, 0.1) is 0 Å². The zero-order valence-electron chi connectivity index (χ0n) is 18.4. The minimum Gasteiger partial charge on any atom is -0.494 e. The van der Waals surface area contributed by atoms with E-state index in [1.54, 1.807) is 0 Å². The lowest BCUT2D eigenvalue weighted by atomic mass is 9.99. The topological polar surface area (TPSA) is 47.6 Å². The molecule has 1 N–H and O–H groups in total. The number of benzene rings is 2. The van der Waals surface area contributed by atoms with Crippen molar-refractivity contribution in [2.45, 2.75) is 65.2 Å². The number of ether oxygens (including phenoxy) is 2. The highest BCUT2D eigenvalue weighted by atomic mass is 79.9. The van der Waals surface area contributed by atoms with Crippen LogP contribution in [-0.4, -0.2) is 19.1 Å². The Labute approximate surface area is 189 Å². The third-order valence-corrected chi connectivity index (χ3v) is 5.77. The highest BCUT2D eigenvalue weighted by Crippen LogP contribution is 2.30. The van der Waals surface area contributed by atoms with Crippen LogP contribution in [0.5, 0.6) is 11.5 Å². The van der Waals surface area contributed by atoms with Crippen LogP contribution in [0.25, 0.3) is 0 Å². The maximum atomic E-state index is 12.2. The Morgan fingerprint density at radius 1 is 1.00 bits per heavy atom. The van der Waals surface area contributed by atoms with E-state index in [4.69, 9.17) is 9.47 Å². The van der Waals surface area contributed by atoms with Gasteiger partial charge < -0.3 is 14.8 Å². The highest BCUT2D eigenvalue weighted by Gasteiger charge is 2.09. The van der Waals surface area contributed by atoms with Gasteiger partial charge in [0, 0.05) is 5.69 Å². The van der Waals surface area contributed by atoms with E-state index in [1.165, 1.54) is 31.2 Å². The molecule has 2 aromatic rings. The summed E-state index contributed by atoms with van der Waals surface area (Å²) in [7, 11) is 0. The van der Waals surface area contributed by atoms with E-state index in [-0.39, 0.29) is 12.5 Å². The molecule has 0 aliphatic heterocycles. The van der Waals surface area contributed by atoms with Crippen LogP contribution >= 0.6 is 15.9 Å². The van der Waals surface area contributed by atoms with Crippen LogP contribution in [0.1, 0.15) is 70.8 Å². The maximum absolute atomic E-state index is 12.2. The predicted molar refractivity (Wildman–Crippen MR) is 128 cm³/mol. The molecule has 2 rings (SSSR count). The molecule has 0 aromatic heterocycles. The van der Waals surface area contributed by atoms with Crippen molar-refractivity contribution in [1.82, 2.24) is 0 Å². The first kappa shape index (κ1) is 24.3. The van der Waals surface area contributed by atoms with Gasteiger partial charge in [-0.2, -0.15) is 0 Å². The van der Waals surface area contributed by atoms with E-state index in [9.17, 15) is 4.79 Å². The van der Waals surface area contributed by atoms with Crippen molar-refractivity contribution in [2.75, 3.05) is 18.5 Å². The third kappa shape index (κ3) is 8.39. The maximum Gasteiger partial charge on any atom is 0.262 e. The SMILES string of the molecule is CCCCCCCOc1ccc(NC(=O)COc2ccc(C(C)CC)cc2Br)cc1. The van der Waals surface area contributed by atoms with Crippen LogP contribution in [0.4, 0.5) is 5.69 Å². The summed E-state index contributed by atoms with van der Waals surface area (Å²) in [5.41, 5.74) is 1.98. The largest absolute Gasteiger partial charge is 0.494 e. The van der Waals surface area contributed by atoms with Crippen molar-refractivity contribution in [3.63, 3.8) is 0 Å². The lowest BCUT2D eigenvalue weighted by Crippen LogP contribution is -2.20. The van der Waals surface area contributed by atoms with Crippen molar-refractivity contribution >= 4 is 27.5 Å². The van der Waals surface area contributed by atoms with Gasteiger partial charge in [-0.3, -0.25) is 4.79 Å². The lowest BCUT2D eigenvalue weighted by molar-refractivity contribution is -0.118. The first-order valence-corrected chi connectivity index (χ1v) is 11.8. The zero-order valence-corrected chi connectivity index (χ0v) is 20.0. The number of hydrogen-bond donors (Lipinski definition) is 1. The second-order valence-corrected chi connectivity index (χ2v) is 8.48. The molecule has 0 heterocycles. The van der Waals surface area contributed by atoms with Crippen molar-refractivity contribution in [2.24, 2.45) is 0 Å². The monoisotopic (exact) mass is 475 g/mol. The Morgan fingerprint density at radius 2 is 1.73 bits per heavy atom. The summed E-state index contributed by atoms with van der Waals surface area (Å²) >= 11 is 3.54. The standard InChI is InChI=1S/C25H34BrNO3/c1-4-6-7-8-9-16-29-22-13-11-21(12-14-22)27-25(28)18-30-24-15-10-20(17-23(24)26)19(3)5-2/h10-15,17,19H,4-9,16,18H2,1-3H3,(H,27,28). The highest BCUT2D eigenvalue weighted by molar-refractivity contribution is 9.10. The molecule has 0 fully saturated rings. The fourth-order valence-electron chi connectivity index (χ4n) is 3.05. The number of nitrogens with one attached hydrogen (secondary N) is 1. The van der Waals surface area contributed by atoms with E-state index < -0.39 is 0 Å². The van der Waals surface area contributed by atoms with Crippen molar-refractivity contribution in [3.05, 3.63) is 52.5 Å². The molecule has 0 radical (unpaired) electrons. The first-order valence-electron chi connectivity index (χ1n) is 11.0. The second kappa shape index (κ2) is 13.3. The quantitative estimate of drug-likeness (QED) is 0.308. The molecule has 0 saturated heterocycles. The summed E-state index contributed by atoms with van der Waals surface area (Å²) in [5.74, 6) is 1.79. The van der Waals surface area contributed by atoms with Crippen molar-refractivity contribution in [1.29, 1.82) is 0 Å². The molecule has 0 aliphatic carbocycles. The Balaban J connectivity index is 1.74. The van der Waals surface area contributed by atoms with Crippen LogP contribution in [-0.2, 0) is 4.79 Å². The van der Waals surface area contributed by atoms with Crippen molar-refractivity contribution in [3.8, 4) is 11.5 Å². The Hall–Kier alpha value is -2.01. The number of unbranched alkanes of at least 4 members (excludes halogenated alkanes) is 4. The summed E-state index contributed by atoms with van der Waals surface area (Å²) in [4.78, 5) is 12.2. The normalized spacial score (nSPS) is 11.7. The average Bonchev–Trinajstić information content (AvgIpc) is 2.75. The second-order valence-electron chi connectivity index (χ2n) is 7.62. The summed E-state index contributed by atoms with van der Waals surface area (Å²) in [5, 5.41) is 2.85. The van der Waals surface area contributed by atoms with Crippen LogP contribution in [0.15, 0.2) is 46.9 Å². The molecule has 1 amide bonds. The summed E-state index contributed by atoms with van der Waals surface area (Å²) in [6.07, 6.45) is 7.17. The molecule has 30 heavy (non-hydrogen) atoms. The van der Waals surface area contributed by atoms with Gasteiger partial charge in [0.2, 0.25) is 0 Å². The van der Waals surface area contributed by atoms with Crippen LogP contribution < -0.4 is 14.8 Å². The van der Waals surface area contributed by atoms with E-state index in [1.807, 2.05) is 30.3 Å². The van der Waals surface area contributed by atoms with Gasteiger partial charge in [-0.05, 0) is 76.7 Å². The number of anilines is 1. The average molecular weight is 476 g/mol. The molecule has 1 unspecified atom stereocenters. The third-order valence-electron chi connectivity index (χ3n) is 5.15. The van der Waals surface area contributed by atoms with E-state index in [0.29, 0.717) is 11.7 Å². The number of hydrogen-bond acceptors (Lipinski definition) is 3. The molecule has 0 spiro atoms. The molecule has 1 atom stereocenters. The van der Waals surface area contributed by atoms with Gasteiger partial charge in [0.25, 0.3) is 5.91 Å². The van der Waals surface area contributed by atoms with Gasteiger partial charge in [0.1, 0.15) is 11.5 Å². The molecule has 0 saturated carbocycles. The molecule has 2 aromatic carbocycles. The number of carbonyl (C=O) groups is 1. The van der Waals surface area contributed by atoms with Gasteiger partial charge in [0.15, 0.2) is 6.61 Å². The molecule has 0 bridgehead atoms. The molecular formula is C25H34BrNO3. The summed E-state index contributed by atoms with van der Waals surface area (Å²) in [6, 6.07) is 13.5. The minimum absolute atomic E-state index is 0.0444. The van der Waals surface area contributed by atoms with Gasteiger partial charge in [0.05, 0.1) is 11.1 Å². The lowest BCUT2D eigenvalue weighted by Gasteiger charge is -2.13. The molecule has 0 aliphatic rings. The van der Waals surface area contributed by atoms with E-state index in [0.717, 1.165) is 35.4 Å². The number of carbonyl (C=O) groups excluding carboxylic acids is 1. The fraction of sp³-hybridized carbons (Fsp3) is 0.480. The Kier molecular flexibility index (Phi) is 10.8. The Morgan fingerprint density at radius 3 is 2.40 bits per heavy atom. The molecular weight excluding hydrogens is 442 g/mol. The number of rotatable bonds is 13. The molecule has 5 heteroatoms. The van der Waals surface area contributed by atoms with E-state index >= 15 is 0 Å². The fourth-order valence-corrected chi connectivity index (χ4v) is 3.56. The predicted octanol–water partition coefficient (Wildman–Crippen LogP) is 7.33. The molecule has 4 nitrogen and oxygen atoms in total. The first-order chi connectivity index (χ1) is 14.5. The number of amides is 1. The van der Waals surface area contributed by atoms with Gasteiger partial charge in [-0.1, -0.05) is 52.5 Å². The van der Waals surface area contributed by atoms with E-state index in [2.05, 4.69) is 54.2 Å².